The zero-order chi connectivity index (χ0) is 22.7. The van der Waals surface area contributed by atoms with Crippen molar-refractivity contribution >= 4 is 20.3 Å². The molecular formula is C21H32O8Si. The highest BCUT2D eigenvalue weighted by Crippen LogP contribution is 2.37. The number of hydrogen-bond acceptors (Lipinski definition) is 8. The van der Waals surface area contributed by atoms with Crippen molar-refractivity contribution in [3.05, 3.63) is 35.9 Å². The lowest BCUT2D eigenvalue weighted by atomic mass is 9.98. The molecule has 3 unspecified atom stereocenters. The molecule has 0 saturated carbocycles. The minimum absolute atomic E-state index is 0.00411. The van der Waals surface area contributed by atoms with Crippen molar-refractivity contribution in [1.82, 2.24) is 0 Å². The lowest BCUT2D eigenvalue weighted by molar-refractivity contribution is -0.289. The summed E-state index contributed by atoms with van der Waals surface area (Å²) in [5.74, 6) is -1.37. The summed E-state index contributed by atoms with van der Waals surface area (Å²) in [6.07, 6.45) is -6.60. The molecule has 2 rings (SSSR count). The van der Waals surface area contributed by atoms with E-state index in [0.717, 1.165) is 6.92 Å². The van der Waals surface area contributed by atoms with Gasteiger partial charge in [0.25, 0.3) is 0 Å². The lowest BCUT2D eigenvalue weighted by Gasteiger charge is -2.43. The molecule has 9 heteroatoms. The molecule has 0 aliphatic carbocycles. The first-order valence-corrected chi connectivity index (χ1v) is 12.8. The van der Waals surface area contributed by atoms with E-state index < -0.39 is 51.0 Å². The Kier molecular flexibility index (Phi) is 7.81. The molecule has 5 atom stereocenters. The highest BCUT2D eigenvalue weighted by Gasteiger charge is 2.50. The van der Waals surface area contributed by atoms with Crippen LogP contribution in [0.4, 0.5) is 0 Å². The van der Waals surface area contributed by atoms with Crippen LogP contribution in [-0.2, 0) is 23.4 Å². The van der Waals surface area contributed by atoms with E-state index in [2.05, 4.69) is 33.9 Å². The second kappa shape index (κ2) is 9.57. The number of carbonyl (C=O) groups is 2. The minimum Gasteiger partial charge on any atom is -0.454 e. The lowest BCUT2D eigenvalue weighted by Crippen LogP contribution is -2.61. The van der Waals surface area contributed by atoms with Gasteiger partial charge in [0.2, 0.25) is 0 Å². The zero-order valence-corrected chi connectivity index (χ0v) is 19.3. The number of esters is 2. The third kappa shape index (κ3) is 5.89. The largest absolute Gasteiger partial charge is 0.454 e. The van der Waals surface area contributed by atoms with Crippen molar-refractivity contribution in [1.29, 1.82) is 0 Å². The van der Waals surface area contributed by atoms with Gasteiger partial charge >= 0.3 is 11.9 Å². The Morgan fingerprint density at radius 2 is 1.67 bits per heavy atom. The van der Waals surface area contributed by atoms with Gasteiger partial charge in [-0.05, 0) is 30.3 Å². The molecule has 30 heavy (non-hydrogen) atoms. The van der Waals surface area contributed by atoms with Crippen LogP contribution in [0.3, 0.4) is 0 Å². The Balaban J connectivity index is 2.23. The molecule has 1 aliphatic heterocycles. The van der Waals surface area contributed by atoms with Crippen LogP contribution in [0.2, 0.25) is 18.1 Å². The molecule has 1 aliphatic rings. The van der Waals surface area contributed by atoms with Crippen LogP contribution in [0.1, 0.15) is 38.1 Å². The van der Waals surface area contributed by atoms with Crippen molar-refractivity contribution in [3.63, 3.8) is 0 Å². The van der Waals surface area contributed by atoms with E-state index in [1.165, 1.54) is 0 Å². The van der Waals surface area contributed by atoms with Crippen molar-refractivity contribution < 1.29 is 38.4 Å². The zero-order valence-electron chi connectivity index (χ0n) is 18.3. The van der Waals surface area contributed by atoms with Gasteiger partial charge in [-0.1, -0.05) is 39.0 Å². The molecule has 1 saturated heterocycles. The molecule has 1 heterocycles. The number of rotatable bonds is 6. The summed E-state index contributed by atoms with van der Waals surface area (Å²) in [5, 5.41) is 21.0. The quantitative estimate of drug-likeness (QED) is 0.512. The standard InChI is InChI=1S/C21H32O8Si/c1-13(22)27-18-16(23)17(29-19(24)14-10-8-7-9-11-14)15(28-20(18)25)12-26-30(5,6)21(2,3)4/h7-11,15-18,20,23,25H,12H2,1-6H3/t15?,16?,17-,18?,20+/m1/s1. The van der Waals surface area contributed by atoms with Crippen molar-refractivity contribution in [2.75, 3.05) is 6.61 Å². The van der Waals surface area contributed by atoms with Gasteiger partial charge in [-0.3, -0.25) is 4.79 Å². The molecule has 1 fully saturated rings. The molecular weight excluding hydrogens is 408 g/mol. The molecule has 2 N–H and O–H groups in total. The Bertz CT molecular complexity index is 730. The summed E-state index contributed by atoms with van der Waals surface area (Å²) in [5.41, 5.74) is 0.295. The fourth-order valence-corrected chi connectivity index (χ4v) is 3.80. The van der Waals surface area contributed by atoms with E-state index in [0.29, 0.717) is 5.56 Å². The van der Waals surface area contributed by atoms with E-state index >= 15 is 0 Å². The number of aliphatic hydroxyl groups excluding tert-OH is 2. The first-order valence-electron chi connectivity index (χ1n) is 9.92. The summed E-state index contributed by atoms with van der Waals surface area (Å²) in [7, 11) is -2.18. The fraction of sp³-hybridized carbons (Fsp3) is 0.619. The first kappa shape index (κ1) is 24.5. The third-order valence-electron chi connectivity index (χ3n) is 5.60. The number of ether oxygens (including phenoxy) is 3. The van der Waals surface area contributed by atoms with Crippen LogP contribution in [0.25, 0.3) is 0 Å². The van der Waals surface area contributed by atoms with Gasteiger partial charge in [0.05, 0.1) is 12.2 Å². The highest BCUT2D eigenvalue weighted by atomic mass is 28.4. The molecule has 1 aromatic rings. The number of aliphatic hydroxyl groups is 2. The smallest absolute Gasteiger partial charge is 0.338 e. The van der Waals surface area contributed by atoms with Crippen molar-refractivity contribution in [2.45, 2.75) is 76.5 Å². The van der Waals surface area contributed by atoms with Gasteiger partial charge < -0.3 is 28.8 Å². The Hall–Kier alpha value is -1.78. The van der Waals surface area contributed by atoms with Crippen molar-refractivity contribution in [3.8, 4) is 0 Å². The van der Waals surface area contributed by atoms with Gasteiger partial charge in [0, 0.05) is 6.92 Å². The number of benzene rings is 1. The first-order chi connectivity index (χ1) is 13.8. The second-order valence-corrected chi connectivity index (χ2v) is 13.7. The molecule has 0 aromatic heterocycles. The van der Waals surface area contributed by atoms with Crippen LogP contribution in [0.5, 0.6) is 0 Å². The van der Waals surface area contributed by atoms with Gasteiger partial charge in [0.15, 0.2) is 26.8 Å². The normalized spacial score (nSPS) is 27.4. The maximum atomic E-state index is 12.6. The maximum absolute atomic E-state index is 12.6. The highest BCUT2D eigenvalue weighted by molar-refractivity contribution is 6.74. The predicted octanol–water partition coefficient (Wildman–Crippen LogP) is 2.24. The Morgan fingerprint density at radius 3 is 2.20 bits per heavy atom. The molecule has 0 radical (unpaired) electrons. The fourth-order valence-electron chi connectivity index (χ4n) is 2.78. The average Bonchev–Trinajstić information content (AvgIpc) is 2.65. The van der Waals surface area contributed by atoms with E-state index in [-0.39, 0.29) is 11.6 Å². The number of hydrogen-bond donors (Lipinski definition) is 2. The Labute approximate surface area is 178 Å². The molecule has 168 valence electrons. The van der Waals surface area contributed by atoms with E-state index in [4.69, 9.17) is 18.6 Å². The predicted molar refractivity (Wildman–Crippen MR) is 111 cm³/mol. The summed E-state index contributed by atoms with van der Waals surface area (Å²) < 4.78 is 22.2. The van der Waals surface area contributed by atoms with E-state index in [1.54, 1.807) is 30.3 Å². The molecule has 0 spiro atoms. The summed E-state index contributed by atoms with van der Waals surface area (Å²) in [6, 6.07) is 8.30. The van der Waals surface area contributed by atoms with Crippen LogP contribution in [0.15, 0.2) is 30.3 Å². The van der Waals surface area contributed by atoms with Gasteiger partial charge in [-0.2, -0.15) is 0 Å². The van der Waals surface area contributed by atoms with Gasteiger partial charge in [-0.15, -0.1) is 0 Å². The molecule has 0 bridgehead atoms. The number of carbonyl (C=O) groups excluding carboxylic acids is 2. The van der Waals surface area contributed by atoms with E-state index in [9.17, 15) is 19.8 Å². The molecule has 1 aromatic carbocycles. The van der Waals surface area contributed by atoms with Crippen molar-refractivity contribution in [2.24, 2.45) is 0 Å². The van der Waals surface area contributed by atoms with Crippen LogP contribution in [0, 0.1) is 0 Å². The van der Waals surface area contributed by atoms with Crippen LogP contribution in [-0.4, -0.2) is 67.8 Å². The summed E-state index contributed by atoms with van der Waals surface area (Å²) >= 11 is 0. The summed E-state index contributed by atoms with van der Waals surface area (Å²) in [6.45, 7) is 11.5. The minimum atomic E-state index is -2.18. The Morgan fingerprint density at radius 1 is 1.07 bits per heavy atom. The SMILES string of the molecule is CC(=O)OC1C(O)[C@H](OC(=O)c2ccccc2)C(CO[Si](C)(C)C(C)(C)C)O[C@@H]1O. The average molecular weight is 441 g/mol. The van der Waals surface area contributed by atoms with E-state index in [1.807, 2.05) is 0 Å². The summed E-state index contributed by atoms with van der Waals surface area (Å²) in [4.78, 5) is 24.0. The molecule has 0 amide bonds. The van der Waals surface area contributed by atoms with Crippen LogP contribution < -0.4 is 0 Å². The third-order valence-corrected chi connectivity index (χ3v) is 10.1. The topological polar surface area (TPSA) is 112 Å². The van der Waals surface area contributed by atoms with Gasteiger partial charge in [0.1, 0.15) is 12.2 Å². The van der Waals surface area contributed by atoms with Gasteiger partial charge in [-0.25, -0.2) is 4.79 Å². The maximum Gasteiger partial charge on any atom is 0.338 e. The molecule has 8 nitrogen and oxygen atoms in total. The second-order valence-electron chi connectivity index (χ2n) is 8.94. The van der Waals surface area contributed by atoms with Crippen LogP contribution >= 0.6 is 0 Å². The monoisotopic (exact) mass is 440 g/mol.